The first kappa shape index (κ1) is 22.0. The van der Waals surface area contributed by atoms with Gasteiger partial charge in [0, 0.05) is 41.0 Å². The smallest absolute Gasteiger partial charge is 0.348 e. The fraction of sp³-hybridized carbons (Fsp3) is 0.280. The van der Waals surface area contributed by atoms with Crippen molar-refractivity contribution >= 4 is 54.0 Å². The molecule has 3 heterocycles. The summed E-state index contributed by atoms with van der Waals surface area (Å²) < 4.78 is 14.1. The molecule has 1 aliphatic rings. The third-order valence-electron chi connectivity index (χ3n) is 5.68. The third kappa shape index (κ3) is 5.09. The van der Waals surface area contributed by atoms with Gasteiger partial charge in [-0.1, -0.05) is 42.5 Å². The summed E-state index contributed by atoms with van der Waals surface area (Å²) in [6, 6.07) is 18.1. The molecular weight excluding hydrogens is 456 g/mol. The molecule has 0 saturated carbocycles. The summed E-state index contributed by atoms with van der Waals surface area (Å²) in [6.07, 6.45) is 0. The van der Waals surface area contributed by atoms with Crippen LogP contribution in [-0.2, 0) is 27.4 Å². The molecule has 1 N–H and O–H groups in total. The van der Waals surface area contributed by atoms with Crippen LogP contribution in [0.5, 0.6) is 0 Å². The Hall–Kier alpha value is -2.78. The Morgan fingerprint density at radius 1 is 0.970 bits per heavy atom. The van der Waals surface area contributed by atoms with Crippen molar-refractivity contribution in [1.82, 2.24) is 10.2 Å². The number of rotatable bonds is 7. The lowest BCUT2D eigenvalue weighted by molar-refractivity contribution is -0.124. The van der Waals surface area contributed by atoms with Crippen LogP contribution in [0.1, 0.15) is 20.8 Å². The van der Waals surface area contributed by atoms with Gasteiger partial charge in [-0.05, 0) is 23.3 Å². The Morgan fingerprint density at radius 2 is 1.73 bits per heavy atom. The lowest BCUT2D eigenvalue weighted by Gasteiger charge is -2.27. The minimum Gasteiger partial charge on any atom is -0.451 e. The van der Waals surface area contributed by atoms with Crippen molar-refractivity contribution in [2.75, 3.05) is 32.9 Å². The van der Waals surface area contributed by atoms with Crippen LogP contribution < -0.4 is 5.32 Å². The second-order valence-corrected chi connectivity index (χ2v) is 10.0. The topological polar surface area (TPSA) is 67.9 Å². The van der Waals surface area contributed by atoms with Crippen LogP contribution in [0.3, 0.4) is 0 Å². The number of carbonyl (C=O) groups is 2. The molecule has 1 saturated heterocycles. The van der Waals surface area contributed by atoms with E-state index in [-0.39, 0.29) is 12.5 Å². The van der Waals surface area contributed by atoms with Gasteiger partial charge in [-0.3, -0.25) is 9.69 Å². The number of nitrogens with one attached hydrogen (secondary N) is 1. The number of fused-ring (bicyclic) bond motifs is 3. The zero-order chi connectivity index (χ0) is 22.6. The molecule has 1 aliphatic heterocycles. The fourth-order valence-corrected chi connectivity index (χ4v) is 6.35. The lowest BCUT2D eigenvalue weighted by Crippen LogP contribution is -2.36. The van der Waals surface area contributed by atoms with E-state index in [0.29, 0.717) is 11.4 Å². The molecule has 2 aromatic carbocycles. The van der Waals surface area contributed by atoms with Gasteiger partial charge in [0.15, 0.2) is 6.61 Å². The van der Waals surface area contributed by atoms with Crippen molar-refractivity contribution in [3.63, 3.8) is 0 Å². The molecule has 0 spiro atoms. The van der Waals surface area contributed by atoms with E-state index in [2.05, 4.69) is 28.4 Å². The average molecular weight is 481 g/mol. The van der Waals surface area contributed by atoms with E-state index in [0.717, 1.165) is 53.2 Å². The molecule has 4 aromatic rings. The molecule has 0 atom stereocenters. The zero-order valence-electron chi connectivity index (χ0n) is 18.0. The van der Waals surface area contributed by atoms with Crippen LogP contribution in [-0.4, -0.2) is 49.7 Å². The van der Waals surface area contributed by atoms with Crippen molar-refractivity contribution < 1.29 is 19.1 Å². The Morgan fingerprint density at radius 3 is 2.58 bits per heavy atom. The standard InChI is InChI=1S/C25H24N2O4S2/c28-23(26-14-17-5-1-2-6-18(17)15-27-9-11-30-12-10-27)16-31-25(29)22-13-21-24(33-22)19-7-3-4-8-20(19)32-21/h1-8,13H,9-12,14-16H2,(H,26,28). The van der Waals surface area contributed by atoms with E-state index in [4.69, 9.17) is 9.47 Å². The quantitative estimate of drug-likeness (QED) is 0.397. The maximum Gasteiger partial charge on any atom is 0.348 e. The Balaban J connectivity index is 1.15. The number of ether oxygens (including phenoxy) is 2. The normalized spacial score (nSPS) is 14.5. The molecule has 8 heteroatoms. The maximum absolute atomic E-state index is 12.5. The number of esters is 1. The van der Waals surface area contributed by atoms with Crippen molar-refractivity contribution in [2.45, 2.75) is 13.1 Å². The second kappa shape index (κ2) is 10.0. The van der Waals surface area contributed by atoms with Crippen LogP contribution >= 0.6 is 22.7 Å². The predicted molar refractivity (Wildman–Crippen MR) is 132 cm³/mol. The largest absolute Gasteiger partial charge is 0.451 e. The highest BCUT2D eigenvalue weighted by Gasteiger charge is 2.17. The van der Waals surface area contributed by atoms with E-state index in [1.807, 2.05) is 36.4 Å². The molecule has 0 bridgehead atoms. The van der Waals surface area contributed by atoms with Crippen LogP contribution in [0.2, 0.25) is 0 Å². The monoisotopic (exact) mass is 480 g/mol. The maximum atomic E-state index is 12.5. The van der Waals surface area contributed by atoms with E-state index in [1.54, 1.807) is 11.3 Å². The van der Waals surface area contributed by atoms with Crippen LogP contribution in [0.4, 0.5) is 0 Å². The zero-order valence-corrected chi connectivity index (χ0v) is 19.7. The van der Waals surface area contributed by atoms with E-state index >= 15 is 0 Å². The second-order valence-electron chi connectivity index (χ2n) is 7.91. The summed E-state index contributed by atoms with van der Waals surface area (Å²) in [5.74, 6) is -0.774. The first-order chi connectivity index (χ1) is 16.2. The van der Waals surface area contributed by atoms with Crippen LogP contribution in [0.15, 0.2) is 54.6 Å². The van der Waals surface area contributed by atoms with Crippen molar-refractivity contribution in [3.05, 3.63) is 70.6 Å². The Kier molecular flexibility index (Phi) is 6.68. The highest BCUT2D eigenvalue weighted by molar-refractivity contribution is 7.33. The molecule has 0 radical (unpaired) electrons. The number of nitrogens with zero attached hydrogens (tertiary/aromatic N) is 1. The summed E-state index contributed by atoms with van der Waals surface area (Å²) in [4.78, 5) is 27.7. The minimum atomic E-state index is -0.463. The molecule has 170 valence electrons. The Bertz CT molecular complexity index is 1290. The number of benzene rings is 2. The highest BCUT2D eigenvalue weighted by Crippen LogP contribution is 2.39. The summed E-state index contributed by atoms with van der Waals surface area (Å²) in [6.45, 7) is 4.26. The third-order valence-corrected chi connectivity index (χ3v) is 8.07. The number of carbonyl (C=O) groups excluding carboxylic acids is 2. The van der Waals surface area contributed by atoms with Gasteiger partial charge in [-0.2, -0.15) is 0 Å². The molecule has 1 amide bonds. The number of hydrogen-bond donors (Lipinski definition) is 1. The predicted octanol–water partition coefficient (Wildman–Crippen LogP) is 4.42. The molecule has 5 rings (SSSR count). The summed E-state index contributed by atoms with van der Waals surface area (Å²) in [7, 11) is 0. The number of morpholine rings is 1. The van der Waals surface area contributed by atoms with Gasteiger partial charge in [0.1, 0.15) is 4.88 Å². The molecule has 1 fully saturated rings. The lowest BCUT2D eigenvalue weighted by atomic mass is 10.1. The fourth-order valence-electron chi connectivity index (χ4n) is 3.93. The number of hydrogen-bond acceptors (Lipinski definition) is 7. The van der Waals surface area contributed by atoms with Crippen LogP contribution in [0.25, 0.3) is 19.5 Å². The highest BCUT2D eigenvalue weighted by atomic mass is 32.1. The SMILES string of the molecule is O=C(COC(=O)c1cc2sc3ccccc3c2s1)NCc1ccccc1CN1CCOCC1. The molecule has 6 nitrogen and oxygen atoms in total. The number of amides is 1. The number of thiophene rings is 2. The average Bonchev–Trinajstić information content (AvgIpc) is 3.41. The van der Waals surface area contributed by atoms with E-state index < -0.39 is 5.97 Å². The van der Waals surface area contributed by atoms with Crippen molar-refractivity contribution in [1.29, 1.82) is 0 Å². The summed E-state index contributed by atoms with van der Waals surface area (Å²) >= 11 is 3.07. The molecule has 0 aliphatic carbocycles. The van der Waals surface area contributed by atoms with Crippen molar-refractivity contribution in [3.8, 4) is 0 Å². The first-order valence-electron chi connectivity index (χ1n) is 10.9. The van der Waals surface area contributed by atoms with Gasteiger partial charge < -0.3 is 14.8 Å². The minimum absolute atomic E-state index is 0.295. The van der Waals surface area contributed by atoms with Gasteiger partial charge in [-0.15, -0.1) is 22.7 Å². The summed E-state index contributed by atoms with van der Waals surface area (Å²) in [5, 5.41) is 4.02. The van der Waals surface area contributed by atoms with Crippen molar-refractivity contribution in [2.24, 2.45) is 0 Å². The molecule has 33 heavy (non-hydrogen) atoms. The van der Waals surface area contributed by atoms with E-state index in [9.17, 15) is 9.59 Å². The summed E-state index contributed by atoms with van der Waals surface area (Å²) in [5.41, 5.74) is 2.25. The molecule has 2 aromatic heterocycles. The van der Waals surface area contributed by atoms with Gasteiger partial charge in [0.2, 0.25) is 0 Å². The van der Waals surface area contributed by atoms with Gasteiger partial charge >= 0.3 is 5.97 Å². The van der Waals surface area contributed by atoms with E-state index in [1.165, 1.54) is 21.6 Å². The molecule has 0 unspecified atom stereocenters. The molecular formula is C25H24N2O4S2. The first-order valence-corrected chi connectivity index (χ1v) is 12.5. The van der Waals surface area contributed by atoms with Crippen LogP contribution in [0, 0.1) is 0 Å². The van der Waals surface area contributed by atoms with Gasteiger partial charge in [-0.25, -0.2) is 4.79 Å². The Labute approximate surface area is 199 Å². The van der Waals surface area contributed by atoms with Gasteiger partial charge in [0.25, 0.3) is 5.91 Å². The van der Waals surface area contributed by atoms with Gasteiger partial charge in [0.05, 0.1) is 17.9 Å².